The summed E-state index contributed by atoms with van der Waals surface area (Å²) in [5.41, 5.74) is 3.83. The van der Waals surface area contributed by atoms with Crippen LogP contribution in [0.4, 0.5) is 11.4 Å². The number of rotatable bonds is 7. The van der Waals surface area contributed by atoms with E-state index in [-0.39, 0.29) is 22.3 Å². The third-order valence-corrected chi connectivity index (χ3v) is 7.03. The van der Waals surface area contributed by atoms with Gasteiger partial charge in [-0.3, -0.25) is 38.6 Å². The lowest BCUT2D eigenvalue weighted by atomic mass is 10.0. The molecule has 0 aliphatic carbocycles. The molecule has 0 bridgehead atoms. The third kappa shape index (κ3) is 4.81. The number of amides is 6. The van der Waals surface area contributed by atoms with Gasteiger partial charge in [0.25, 0.3) is 23.6 Å². The van der Waals surface area contributed by atoms with E-state index in [0.717, 1.165) is 20.9 Å². The Labute approximate surface area is 239 Å². The molecule has 0 aromatic heterocycles. The van der Waals surface area contributed by atoms with Crippen molar-refractivity contribution >= 4 is 46.8 Å². The lowest BCUT2D eigenvalue weighted by Crippen LogP contribution is -2.37. The van der Waals surface area contributed by atoms with E-state index < -0.39 is 48.5 Å². The van der Waals surface area contributed by atoms with Gasteiger partial charge in [-0.15, -0.1) is 0 Å². The molecule has 10 heteroatoms. The van der Waals surface area contributed by atoms with Crippen molar-refractivity contribution in [2.24, 2.45) is 0 Å². The summed E-state index contributed by atoms with van der Waals surface area (Å²) in [6.45, 7) is -0.789. The quantitative estimate of drug-likeness (QED) is 0.332. The molecule has 0 spiro atoms. The van der Waals surface area contributed by atoms with E-state index >= 15 is 0 Å². The summed E-state index contributed by atoms with van der Waals surface area (Å²) >= 11 is 0. The molecular weight excluding hydrogens is 536 g/mol. The summed E-state index contributed by atoms with van der Waals surface area (Å²) in [7, 11) is 0. The van der Waals surface area contributed by atoms with E-state index in [9.17, 15) is 28.8 Å². The topological polar surface area (TPSA) is 133 Å². The first-order valence-electron chi connectivity index (χ1n) is 13.0. The zero-order chi connectivity index (χ0) is 29.4. The Hall–Kier alpha value is -5.90. The second kappa shape index (κ2) is 10.6. The largest absolute Gasteiger partial charge is 0.325 e. The Bertz CT molecular complexity index is 1590. The predicted octanol–water partition coefficient (Wildman–Crippen LogP) is 3.82. The summed E-state index contributed by atoms with van der Waals surface area (Å²) in [5.74, 6) is -2.99. The lowest BCUT2D eigenvalue weighted by molar-refractivity contribution is -0.117. The Morgan fingerprint density at radius 2 is 0.738 bits per heavy atom. The molecule has 2 N–H and O–H groups in total. The number of benzene rings is 4. The standard InChI is InChI=1S/C32H22N4O6/c37-27(17-35-29(39)23-5-1-2-6-24(23)30(35)40)33-21-13-9-19(10-14-21)20-11-15-22(16-12-20)34-28(38)18-36-31(41)25-7-3-4-8-26(25)32(36)42/h1-16H,17-18H2,(H,33,37)(H,34,38). The Balaban J connectivity index is 1.03. The minimum atomic E-state index is -0.501. The number of nitrogens with zero attached hydrogens (tertiary/aromatic N) is 2. The minimum Gasteiger partial charge on any atom is -0.325 e. The first-order chi connectivity index (χ1) is 20.3. The van der Waals surface area contributed by atoms with E-state index in [1.54, 1.807) is 97.1 Å². The maximum Gasteiger partial charge on any atom is 0.262 e. The molecule has 6 amide bonds. The van der Waals surface area contributed by atoms with Gasteiger partial charge in [0.1, 0.15) is 13.1 Å². The highest BCUT2D eigenvalue weighted by molar-refractivity contribution is 6.23. The van der Waals surface area contributed by atoms with Crippen LogP contribution in [0.15, 0.2) is 97.1 Å². The molecule has 4 aromatic rings. The summed E-state index contributed by atoms with van der Waals surface area (Å²) < 4.78 is 0. The number of hydrogen-bond acceptors (Lipinski definition) is 6. The molecule has 2 heterocycles. The van der Waals surface area contributed by atoms with Gasteiger partial charge in [0.05, 0.1) is 22.3 Å². The van der Waals surface area contributed by atoms with E-state index in [1.807, 2.05) is 0 Å². The average Bonchev–Trinajstić information content (AvgIpc) is 3.38. The van der Waals surface area contributed by atoms with Gasteiger partial charge in [-0.25, -0.2) is 0 Å². The van der Waals surface area contributed by atoms with Crippen molar-refractivity contribution < 1.29 is 28.8 Å². The average molecular weight is 559 g/mol. The molecule has 0 saturated heterocycles. The van der Waals surface area contributed by atoms with Crippen LogP contribution in [0.25, 0.3) is 11.1 Å². The molecule has 0 unspecified atom stereocenters. The highest BCUT2D eigenvalue weighted by atomic mass is 16.2. The number of hydrogen-bond donors (Lipinski definition) is 2. The van der Waals surface area contributed by atoms with E-state index in [0.29, 0.717) is 11.4 Å². The van der Waals surface area contributed by atoms with Gasteiger partial charge in [0.2, 0.25) is 11.8 Å². The number of anilines is 2. The highest BCUT2D eigenvalue weighted by Gasteiger charge is 2.37. The van der Waals surface area contributed by atoms with Crippen LogP contribution in [0.1, 0.15) is 41.4 Å². The van der Waals surface area contributed by atoms with Crippen molar-refractivity contribution in [3.8, 4) is 11.1 Å². The van der Waals surface area contributed by atoms with Crippen LogP contribution in [-0.2, 0) is 9.59 Å². The van der Waals surface area contributed by atoms with Crippen LogP contribution in [0.2, 0.25) is 0 Å². The molecular formula is C32H22N4O6. The fraction of sp³-hybridized carbons (Fsp3) is 0.0625. The van der Waals surface area contributed by atoms with Crippen molar-refractivity contribution in [2.45, 2.75) is 0 Å². The van der Waals surface area contributed by atoms with Gasteiger partial charge in [0, 0.05) is 11.4 Å². The van der Waals surface area contributed by atoms with Crippen molar-refractivity contribution in [1.29, 1.82) is 0 Å². The molecule has 206 valence electrons. The van der Waals surface area contributed by atoms with Gasteiger partial charge in [-0.05, 0) is 59.7 Å². The minimum absolute atomic E-state index is 0.285. The molecule has 0 fully saturated rings. The summed E-state index contributed by atoms with van der Waals surface area (Å²) in [5, 5.41) is 5.41. The first kappa shape index (κ1) is 26.3. The van der Waals surface area contributed by atoms with Crippen molar-refractivity contribution in [1.82, 2.24) is 9.80 Å². The maximum atomic E-state index is 12.6. The lowest BCUT2D eigenvalue weighted by Gasteiger charge is -2.14. The molecule has 0 atom stereocenters. The fourth-order valence-electron chi connectivity index (χ4n) is 4.95. The molecule has 0 radical (unpaired) electrons. The van der Waals surface area contributed by atoms with Crippen LogP contribution < -0.4 is 10.6 Å². The van der Waals surface area contributed by atoms with E-state index in [1.165, 1.54) is 0 Å². The number of fused-ring (bicyclic) bond motifs is 2. The highest BCUT2D eigenvalue weighted by Crippen LogP contribution is 2.26. The van der Waals surface area contributed by atoms with Gasteiger partial charge in [-0.1, -0.05) is 48.5 Å². The molecule has 2 aliphatic rings. The molecule has 6 rings (SSSR count). The Kier molecular flexibility index (Phi) is 6.63. The second-order valence-corrected chi connectivity index (χ2v) is 9.74. The maximum absolute atomic E-state index is 12.6. The molecule has 0 saturated carbocycles. The number of carbonyl (C=O) groups excluding carboxylic acids is 6. The van der Waals surface area contributed by atoms with Crippen molar-refractivity contribution in [2.75, 3.05) is 23.7 Å². The van der Waals surface area contributed by atoms with Gasteiger partial charge in [0.15, 0.2) is 0 Å². The monoisotopic (exact) mass is 558 g/mol. The molecule has 42 heavy (non-hydrogen) atoms. The van der Waals surface area contributed by atoms with Crippen LogP contribution in [0.5, 0.6) is 0 Å². The molecule has 2 aliphatic heterocycles. The van der Waals surface area contributed by atoms with Crippen LogP contribution in [-0.4, -0.2) is 58.3 Å². The van der Waals surface area contributed by atoms with Gasteiger partial charge in [-0.2, -0.15) is 0 Å². The van der Waals surface area contributed by atoms with Crippen molar-refractivity contribution in [3.63, 3.8) is 0 Å². The summed E-state index contributed by atoms with van der Waals surface area (Å²) in [6, 6.07) is 26.9. The zero-order valence-electron chi connectivity index (χ0n) is 22.0. The van der Waals surface area contributed by atoms with Crippen LogP contribution in [0.3, 0.4) is 0 Å². The van der Waals surface area contributed by atoms with E-state index in [2.05, 4.69) is 10.6 Å². The van der Waals surface area contributed by atoms with Gasteiger partial charge >= 0.3 is 0 Å². The molecule has 10 nitrogen and oxygen atoms in total. The predicted molar refractivity (Wildman–Crippen MR) is 153 cm³/mol. The summed E-state index contributed by atoms with van der Waals surface area (Å²) in [4.78, 5) is 77.0. The van der Waals surface area contributed by atoms with Gasteiger partial charge < -0.3 is 10.6 Å². The zero-order valence-corrected chi connectivity index (χ0v) is 22.0. The summed E-state index contributed by atoms with van der Waals surface area (Å²) in [6.07, 6.45) is 0. The van der Waals surface area contributed by atoms with Crippen LogP contribution in [0, 0.1) is 0 Å². The smallest absolute Gasteiger partial charge is 0.262 e. The second-order valence-electron chi connectivity index (χ2n) is 9.74. The Morgan fingerprint density at radius 3 is 1.02 bits per heavy atom. The van der Waals surface area contributed by atoms with Crippen molar-refractivity contribution in [3.05, 3.63) is 119 Å². The Morgan fingerprint density at radius 1 is 0.452 bits per heavy atom. The number of imide groups is 2. The normalized spacial score (nSPS) is 13.7. The number of nitrogens with one attached hydrogen (secondary N) is 2. The third-order valence-electron chi connectivity index (χ3n) is 7.03. The first-order valence-corrected chi connectivity index (χ1v) is 13.0. The number of carbonyl (C=O) groups is 6. The van der Waals surface area contributed by atoms with Crippen LogP contribution >= 0.6 is 0 Å². The fourth-order valence-corrected chi connectivity index (χ4v) is 4.95. The SMILES string of the molecule is O=C(CN1C(=O)c2ccccc2C1=O)Nc1ccc(-c2ccc(NC(=O)CN3C(=O)c4ccccc4C3=O)cc2)cc1. The molecule has 4 aromatic carbocycles. The van der Waals surface area contributed by atoms with E-state index in [4.69, 9.17) is 0 Å².